The first-order valence-electron chi connectivity index (χ1n) is 9.46. The van der Waals surface area contributed by atoms with E-state index in [4.69, 9.17) is 20.3 Å². The molecule has 0 saturated heterocycles. The molecule has 3 rings (SSSR count). The zero-order chi connectivity index (χ0) is 19.2. The molecule has 0 radical (unpaired) electrons. The summed E-state index contributed by atoms with van der Waals surface area (Å²) in [4.78, 5) is 0. The van der Waals surface area contributed by atoms with E-state index in [0.29, 0.717) is 25.6 Å². The quantitative estimate of drug-likeness (QED) is 0.636. The van der Waals surface area contributed by atoms with Gasteiger partial charge in [0.25, 0.3) is 0 Å². The smallest absolute Gasteiger partial charge is 0.161 e. The first kappa shape index (κ1) is 18.8. The fourth-order valence-corrected chi connectivity index (χ4v) is 3.17. The van der Waals surface area contributed by atoms with Crippen LogP contribution in [-0.2, 0) is 13.0 Å². The Kier molecular flexibility index (Phi) is 6.01. The van der Waals surface area contributed by atoms with Gasteiger partial charge in [-0.15, -0.1) is 0 Å². The van der Waals surface area contributed by atoms with Crippen LogP contribution in [0.5, 0.6) is 11.5 Å². The van der Waals surface area contributed by atoms with Gasteiger partial charge in [0.15, 0.2) is 11.5 Å². The first-order chi connectivity index (χ1) is 13.2. The summed E-state index contributed by atoms with van der Waals surface area (Å²) < 4.78 is 13.3. The summed E-state index contributed by atoms with van der Waals surface area (Å²) in [5, 5.41) is 4.82. The van der Waals surface area contributed by atoms with Crippen molar-refractivity contribution in [2.75, 3.05) is 18.9 Å². The van der Waals surface area contributed by atoms with Gasteiger partial charge in [-0.05, 0) is 44.0 Å². The zero-order valence-corrected chi connectivity index (χ0v) is 16.2. The third kappa shape index (κ3) is 4.08. The van der Waals surface area contributed by atoms with E-state index in [9.17, 15) is 0 Å². The molecule has 2 N–H and O–H groups in total. The van der Waals surface area contributed by atoms with Crippen molar-refractivity contribution in [3.63, 3.8) is 0 Å². The molecule has 3 aromatic rings. The van der Waals surface area contributed by atoms with Crippen LogP contribution in [0.25, 0.3) is 11.3 Å². The number of hydrogen-bond acceptors (Lipinski definition) is 4. The molecule has 0 fully saturated rings. The molecule has 0 spiro atoms. The average molecular weight is 365 g/mol. The summed E-state index contributed by atoms with van der Waals surface area (Å²) in [5.74, 6) is 2.19. The van der Waals surface area contributed by atoms with E-state index in [1.807, 2.05) is 54.9 Å². The monoisotopic (exact) mass is 365 g/mol. The van der Waals surface area contributed by atoms with Gasteiger partial charge in [-0.25, -0.2) is 4.68 Å². The van der Waals surface area contributed by atoms with Gasteiger partial charge in [0.1, 0.15) is 5.82 Å². The number of rotatable bonds is 8. The lowest BCUT2D eigenvalue weighted by molar-refractivity contribution is 0.288. The van der Waals surface area contributed by atoms with Gasteiger partial charge in [-0.1, -0.05) is 37.3 Å². The number of hydrogen-bond donors (Lipinski definition) is 1. The van der Waals surface area contributed by atoms with E-state index in [0.717, 1.165) is 34.7 Å². The Morgan fingerprint density at radius 2 is 1.63 bits per heavy atom. The van der Waals surface area contributed by atoms with Crippen LogP contribution in [0.3, 0.4) is 0 Å². The molecule has 142 valence electrons. The maximum Gasteiger partial charge on any atom is 0.161 e. The highest BCUT2D eigenvalue weighted by atomic mass is 16.5. The van der Waals surface area contributed by atoms with Gasteiger partial charge in [0.05, 0.1) is 25.5 Å². The summed E-state index contributed by atoms with van der Waals surface area (Å²) in [6, 6.07) is 16.2. The van der Waals surface area contributed by atoms with Gasteiger partial charge in [-0.2, -0.15) is 5.10 Å². The van der Waals surface area contributed by atoms with Gasteiger partial charge in [-0.3, -0.25) is 0 Å². The molecule has 0 aliphatic heterocycles. The molecule has 27 heavy (non-hydrogen) atoms. The number of nitrogens with two attached hydrogens (primary N) is 1. The molecular weight excluding hydrogens is 338 g/mol. The molecule has 5 heteroatoms. The van der Waals surface area contributed by atoms with E-state index < -0.39 is 0 Å². The van der Waals surface area contributed by atoms with E-state index >= 15 is 0 Å². The van der Waals surface area contributed by atoms with Gasteiger partial charge in [0, 0.05) is 11.1 Å². The molecule has 0 amide bonds. The number of anilines is 1. The number of nitrogens with zero attached hydrogens (tertiary/aromatic N) is 2. The van der Waals surface area contributed by atoms with Crippen LogP contribution < -0.4 is 15.2 Å². The second kappa shape index (κ2) is 8.62. The molecule has 0 saturated carbocycles. The van der Waals surface area contributed by atoms with Crippen LogP contribution in [0.1, 0.15) is 31.9 Å². The van der Waals surface area contributed by atoms with Crippen LogP contribution in [0.4, 0.5) is 5.82 Å². The topological polar surface area (TPSA) is 62.3 Å². The van der Waals surface area contributed by atoms with Crippen LogP contribution >= 0.6 is 0 Å². The minimum Gasteiger partial charge on any atom is -0.490 e. The van der Waals surface area contributed by atoms with Gasteiger partial charge < -0.3 is 15.2 Å². The largest absolute Gasteiger partial charge is 0.490 e. The van der Waals surface area contributed by atoms with Crippen LogP contribution in [0.15, 0.2) is 48.5 Å². The maximum atomic E-state index is 6.42. The highest BCUT2D eigenvalue weighted by Crippen LogP contribution is 2.35. The minimum atomic E-state index is 0.578. The number of nitrogen functional groups attached to an aromatic ring is 1. The molecule has 5 nitrogen and oxygen atoms in total. The molecule has 1 aromatic heterocycles. The normalized spacial score (nSPS) is 10.8. The fourth-order valence-electron chi connectivity index (χ4n) is 3.17. The molecule has 2 aromatic carbocycles. The molecule has 0 unspecified atom stereocenters. The first-order valence-corrected chi connectivity index (χ1v) is 9.46. The Morgan fingerprint density at radius 1 is 0.926 bits per heavy atom. The molecular formula is C22H27N3O2. The number of benzene rings is 2. The third-order valence-corrected chi connectivity index (χ3v) is 4.44. The highest BCUT2D eigenvalue weighted by Gasteiger charge is 2.18. The lowest BCUT2D eigenvalue weighted by atomic mass is 10.1. The second-order valence-electron chi connectivity index (χ2n) is 6.24. The Hall–Kier alpha value is -2.95. The van der Waals surface area contributed by atoms with Crippen molar-refractivity contribution < 1.29 is 9.47 Å². The fraction of sp³-hybridized carbons (Fsp3) is 0.318. The lowest BCUT2D eigenvalue weighted by Crippen LogP contribution is -2.06. The Balaban J connectivity index is 2.01. The van der Waals surface area contributed by atoms with Crippen LogP contribution in [0, 0.1) is 0 Å². The molecule has 0 atom stereocenters. The van der Waals surface area contributed by atoms with Crippen molar-refractivity contribution in [3.8, 4) is 22.8 Å². The Bertz CT molecular complexity index is 888. The van der Waals surface area contributed by atoms with Gasteiger partial charge in [0.2, 0.25) is 0 Å². The summed E-state index contributed by atoms with van der Waals surface area (Å²) in [6.45, 7) is 7.85. The number of aromatic nitrogens is 2. The Labute approximate surface area is 160 Å². The molecule has 0 aliphatic rings. The summed E-state index contributed by atoms with van der Waals surface area (Å²) in [5.41, 5.74) is 10.5. The molecule has 0 aliphatic carbocycles. The van der Waals surface area contributed by atoms with Crippen molar-refractivity contribution >= 4 is 5.82 Å². The van der Waals surface area contributed by atoms with E-state index in [-0.39, 0.29) is 0 Å². The standard InChI is InChI=1S/C22H27N3O2/c1-4-18-21(17-12-13-19(26-5-2)20(14-17)27-6-3)24-25(22(18)23)15-16-10-8-7-9-11-16/h7-14H,4-6,15,23H2,1-3H3. The lowest BCUT2D eigenvalue weighted by Gasteiger charge is -2.12. The summed E-state index contributed by atoms with van der Waals surface area (Å²) in [6.07, 6.45) is 0.813. The van der Waals surface area contributed by atoms with Crippen molar-refractivity contribution in [1.82, 2.24) is 9.78 Å². The number of ether oxygens (including phenoxy) is 2. The SMILES string of the molecule is CCOc1ccc(-c2nn(Cc3ccccc3)c(N)c2CC)cc1OCC. The third-order valence-electron chi connectivity index (χ3n) is 4.44. The summed E-state index contributed by atoms with van der Waals surface area (Å²) in [7, 11) is 0. The summed E-state index contributed by atoms with van der Waals surface area (Å²) >= 11 is 0. The highest BCUT2D eigenvalue weighted by molar-refractivity contribution is 5.71. The minimum absolute atomic E-state index is 0.578. The van der Waals surface area contributed by atoms with Crippen LogP contribution in [0.2, 0.25) is 0 Å². The van der Waals surface area contributed by atoms with E-state index in [2.05, 4.69) is 19.1 Å². The predicted octanol–water partition coefficient (Wildman–Crippen LogP) is 4.54. The van der Waals surface area contributed by atoms with Crippen molar-refractivity contribution in [2.45, 2.75) is 33.7 Å². The van der Waals surface area contributed by atoms with Crippen LogP contribution in [-0.4, -0.2) is 23.0 Å². The average Bonchev–Trinajstić information content (AvgIpc) is 3.00. The second-order valence-corrected chi connectivity index (χ2v) is 6.24. The maximum absolute atomic E-state index is 6.42. The van der Waals surface area contributed by atoms with Crippen molar-refractivity contribution in [1.29, 1.82) is 0 Å². The van der Waals surface area contributed by atoms with E-state index in [1.165, 1.54) is 5.56 Å². The van der Waals surface area contributed by atoms with Crippen molar-refractivity contribution in [2.24, 2.45) is 0 Å². The van der Waals surface area contributed by atoms with Crippen molar-refractivity contribution in [3.05, 3.63) is 59.7 Å². The van der Waals surface area contributed by atoms with E-state index in [1.54, 1.807) is 0 Å². The Morgan fingerprint density at radius 3 is 2.30 bits per heavy atom. The zero-order valence-electron chi connectivity index (χ0n) is 16.2. The molecule has 0 bridgehead atoms. The van der Waals surface area contributed by atoms with Gasteiger partial charge >= 0.3 is 0 Å². The predicted molar refractivity (Wildman–Crippen MR) is 109 cm³/mol. The molecule has 1 heterocycles.